The summed E-state index contributed by atoms with van der Waals surface area (Å²) >= 11 is 0. The highest BCUT2D eigenvalue weighted by Gasteiger charge is 2.47. The Hall–Kier alpha value is -0.990. The van der Waals surface area contributed by atoms with Crippen molar-refractivity contribution in [3.8, 4) is 0 Å². The maximum atomic E-state index is 12.7. The number of benzene rings is 1. The van der Waals surface area contributed by atoms with E-state index in [2.05, 4.69) is 0 Å². The van der Waals surface area contributed by atoms with Gasteiger partial charge in [0.25, 0.3) is 0 Å². The van der Waals surface area contributed by atoms with Crippen LogP contribution in [0, 0.1) is 12.3 Å². The molecule has 0 nitrogen and oxygen atoms in total. The first-order valence-electron chi connectivity index (χ1n) is 4.85. The predicted octanol–water partition coefficient (Wildman–Crippen LogP) is 4.13. The molecule has 0 bridgehead atoms. The van der Waals surface area contributed by atoms with Gasteiger partial charge in [-0.1, -0.05) is 38.1 Å². The summed E-state index contributed by atoms with van der Waals surface area (Å²) in [5.41, 5.74) is 0.00806. The first-order chi connectivity index (χ1) is 6.74. The first kappa shape index (κ1) is 12.1. The van der Waals surface area contributed by atoms with Crippen molar-refractivity contribution in [2.45, 2.75) is 33.4 Å². The van der Waals surface area contributed by atoms with Crippen molar-refractivity contribution in [3.05, 3.63) is 35.4 Å². The van der Waals surface area contributed by atoms with Crippen molar-refractivity contribution in [2.24, 2.45) is 5.41 Å². The van der Waals surface area contributed by atoms with Crippen molar-refractivity contribution in [1.82, 2.24) is 0 Å². The summed E-state index contributed by atoms with van der Waals surface area (Å²) in [7, 11) is 0. The minimum Gasteiger partial charge on any atom is -0.171 e. The molecular formula is C12H15F3. The van der Waals surface area contributed by atoms with E-state index in [1.165, 1.54) is 13.8 Å². The molecule has 0 aliphatic carbocycles. The van der Waals surface area contributed by atoms with Crippen LogP contribution in [0.4, 0.5) is 13.2 Å². The summed E-state index contributed by atoms with van der Waals surface area (Å²) in [4.78, 5) is 0. The number of hydrogen-bond donors (Lipinski definition) is 0. The Morgan fingerprint density at radius 2 is 1.60 bits per heavy atom. The van der Waals surface area contributed by atoms with Gasteiger partial charge in [0.1, 0.15) is 0 Å². The Labute approximate surface area is 88.1 Å². The number of aryl methyl sites for hydroxylation is 1. The van der Waals surface area contributed by atoms with Crippen LogP contribution in [0.25, 0.3) is 0 Å². The molecule has 15 heavy (non-hydrogen) atoms. The molecule has 0 saturated heterocycles. The molecule has 0 fully saturated rings. The molecule has 0 radical (unpaired) electrons. The Balaban J connectivity index is 2.92. The van der Waals surface area contributed by atoms with Crippen LogP contribution >= 0.6 is 0 Å². The van der Waals surface area contributed by atoms with Gasteiger partial charge >= 0.3 is 6.18 Å². The maximum Gasteiger partial charge on any atom is 0.394 e. The van der Waals surface area contributed by atoms with Crippen LogP contribution in [0.5, 0.6) is 0 Å². The SMILES string of the molecule is Cc1ccccc1CC(C)(C)C(F)(F)F. The minimum atomic E-state index is -4.16. The molecule has 0 heterocycles. The zero-order valence-electron chi connectivity index (χ0n) is 9.15. The number of alkyl halides is 3. The fourth-order valence-corrected chi connectivity index (χ4v) is 1.38. The van der Waals surface area contributed by atoms with Crippen LogP contribution in [-0.4, -0.2) is 6.18 Å². The van der Waals surface area contributed by atoms with Crippen molar-refractivity contribution in [3.63, 3.8) is 0 Å². The fraction of sp³-hybridized carbons (Fsp3) is 0.500. The van der Waals surface area contributed by atoms with Gasteiger partial charge in [-0.25, -0.2) is 0 Å². The van der Waals surface area contributed by atoms with E-state index in [9.17, 15) is 13.2 Å². The zero-order valence-corrected chi connectivity index (χ0v) is 9.15. The molecule has 0 aliphatic rings. The highest BCUT2D eigenvalue weighted by atomic mass is 19.4. The molecule has 0 aliphatic heterocycles. The van der Waals surface area contributed by atoms with Gasteiger partial charge in [0.2, 0.25) is 0 Å². The molecule has 0 atom stereocenters. The molecule has 0 aromatic heterocycles. The number of hydrogen-bond acceptors (Lipinski definition) is 0. The summed E-state index contributed by atoms with van der Waals surface area (Å²) in [5, 5.41) is 0. The van der Waals surface area contributed by atoms with E-state index in [4.69, 9.17) is 0 Å². The summed E-state index contributed by atoms with van der Waals surface area (Å²) in [5.74, 6) is 0. The van der Waals surface area contributed by atoms with E-state index < -0.39 is 11.6 Å². The highest BCUT2D eigenvalue weighted by Crippen LogP contribution is 2.40. The van der Waals surface area contributed by atoms with Gasteiger partial charge in [0.15, 0.2) is 0 Å². The van der Waals surface area contributed by atoms with Crippen LogP contribution in [0.3, 0.4) is 0 Å². The van der Waals surface area contributed by atoms with Crippen molar-refractivity contribution in [2.75, 3.05) is 0 Å². The normalized spacial score (nSPS) is 12.9. The summed E-state index contributed by atoms with van der Waals surface area (Å²) in [6.07, 6.45) is -4.13. The number of rotatable bonds is 2. The molecule has 1 aromatic rings. The predicted molar refractivity (Wildman–Crippen MR) is 54.7 cm³/mol. The zero-order chi connectivity index (χ0) is 11.7. The smallest absolute Gasteiger partial charge is 0.171 e. The molecule has 84 valence electrons. The molecule has 0 unspecified atom stereocenters. The van der Waals surface area contributed by atoms with E-state index in [-0.39, 0.29) is 6.42 Å². The fourth-order valence-electron chi connectivity index (χ4n) is 1.38. The lowest BCUT2D eigenvalue weighted by atomic mass is 9.84. The van der Waals surface area contributed by atoms with E-state index in [1.807, 2.05) is 19.1 Å². The summed E-state index contributed by atoms with van der Waals surface area (Å²) < 4.78 is 38.0. The summed E-state index contributed by atoms with van der Waals surface area (Å²) in [6.45, 7) is 4.31. The third kappa shape index (κ3) is 2.74. The van der Waals surface area contributed by atoms with Gasteiger partial charge in [-0.05, 0) is 24.5 Å². The molecular weight excluding hydrogens is 201 g/mol. The van der Waals surface area contributed by atoms with Gasteiger partial charge in [0.05, 0.1) is 5.41 Å². The molecule has 0 amide bonds. The lowest BCUT2D eigenvalue weighted by Gasteiger charge is -2.28. The van der Waals surface area contributed by atoms with Crippen molar-refractivity contribution < 1.29 is 13.2 Å². The molecule has 0 spiro atoms. The number of halogens is 3. The topological polar surface area (TPSA) is 0 Å². The van der Waals surface area contributed by atoms with Crippen molar-refractivity contribution in [1.29, 1.82) is 0 Å². The molecule has 0 saturated carbocycles. The third-order valence-electron chi connectivity index (χ3n) is 2.66. The average Bonchev–Trinajstić information content (AvgIpc) is 2.06. The van der Waals surface area contributed by atoms with Crippen LogP contribution in [-0.2, 0) is 6.42 Å². The maximum absolute atomic E-state index is 12.7. The largest absolute Gasteiger partial charge is 0.394 e. The molecule has 0 N–H and O–H groups in total. The van der Waals surface area contributed by atoms with E-state index in [1.54, 1.807) is 12.1 Å². The van der Waals surface area contributed by atoms with Crippen LogP contribution in [0.15, 0.2) is 24.3 Å². The van der Waals surface area contributed by atoms with Gasteiger partial charge < -0.3 is 0 Å². The van der Waals surface area contributed by atoms with E-state index in [0.29, 0.717) is 0 Å². The Bertz CT molecular complexity index is 337. The van der Waals surface area contributed by atoms with Gasteiger partial charge in [-0.15, -0.1) is 0 Å². The summed E-state index contributed by atoms with van der Waals surface area (Å²) in [6, 6.07) is 7.19. The Morgan fingerprint density at radius 3 is 2.07 bits per heavy atom. The van der Waals surface area contributed by atoms with E-state index in [0.717, 1.165) is 11.1 Å². The molecule has 1 aromatic carbocycles. The van der Waals surface area contributed by atoms with Gasteiger partial charge in [-0.3, -0.25) is 0 Å². The second-order valence-electron chi connectivity index (χ2n) is 4.48. The quantitative estimate of drug-likeness (QED) is 0.697. The van der Waals surface area contributed by atoms with Crippen LogP contribution < -0.4 is 0 Å². The van der Waals surface area contributed by atoms with E-state index >= 15 is 0 Å². The standard InChI is InChI=1S/C12H15F3/c1-9-6-4-5-7-10(9)8-11(2,3)12(13,14)15/h4-7H,8H2,1-3H3. The van der Waals surface area contributed by atoms with Gasteiger partial charge in [0, 0.05) is 0 Å². The first-order valence-corrected chi connectivity index (χ1v) is 4.85. The Morgan fingerprint density at radius 1 is 1.07 bits per heavy atom. The minimum absolute atomic E-state index is 0.0309. The highest BCUT2D eigenvalue weighted by molar-refractivity contribution is 5.26. The lowest BCUT2D eigenvalue weighted by Crippen LogP contribution is -2.34. The molecule has 1 rings (SSSR count). The second kappa shape index (κ2) is 3.87. The second-order valence-corrected chi connectivity index (χ2v) is 4.48. The van der Waals surface area contributed by atoms with Crippen LogP contribution in [0.1, 0.15) is 25.0 Å². The van der Waals surface area contributed by atoms with Crippen molar-refractivity contribution >= 4 is 0 Å². The van der Waals surface area contributed by atoms with Gasteiger partial charge in [-0.2, -0.15) is 13.2 Å². The van der Waals surface area contributed by atoms with Crippen LogP contribution in [0.2, 0.25) is 0 Å². The average molecular weight is 216 g/mol. The molecule has 3 heteroatoms. The lowest BCUT2D eigenvalue weighted by molar-refractivity contribution is -0.211. The monoisotopic (exact) mass is 216 g/mol. The Kier molecular flexibility index (Phi) is 3.12. The third-order valence-corrected chi connectivity index (χ3v) is 2.66.